The first-order valence-corrected chi connectivity index (χ1v) is 5.48. The van der Waals surface area contributed by atoms with Gasteiger partial charge in [0, 0.05) is 19.5 Å². The van der Waals surface area contributed by atoms with Crippen molar-refractivity contribution >= 4 is 11.0 Å². The van der Waals surface area contributed by atoms with Crippen molar-refractivity contribution in [1.82, 2.24) is 9.55 Å². The zero-order valence-corrected chi connectivity index (χ0v) is 9.57. The normalized spacial score (nSPS) is 13.2. The maximum Gasteiger partial charge on any atom is 0.125 e. The minimum Gasteiger partial charge on any atom is -0.331 e. The highest BCUT2D eigenvalue weighted by Gasteiger charge is 2.10. The maximum absolute atomic E-state index is 13.1. The Balaban J connectivity index is 2.44. The monoisotopic (exact) mass is 221 g/mol. The predicted molar refractivity (Wildman–Crippen MR) is 62.6 cm³/mol. The quantitative estimate of drug-likeness (QED) is 0.861. The maximum atomic E-state index is 13.1. The molecule has 0 saturated heterocycles. The Kier molecular flexibility index (Phi) is 2.92. The highest BCUT2D eigenvalue weighted by atomic mass is 19.1. The molecule has 0 radical (unpaired) electrons. The van der Waals surface area contributed by atoms with Gasteiger partial charge in [-0.2, -0.15) is 0 Å². The molecule has 86 valence electrons. The van der Waals surface area contributed by atoms with E-state index in [0.717, 1.165) is 29.7 Å². The van der Waals surface area contributed by atoms with Crippen molar-refractivity contribution in [2.45, 2.75) is 25.8 Å². The van der Waals surface area contributed by atoms with Gasteiger partial charge in [-0.15, -0.1) is 0 Å². The van der Waals surface area contributed by atoms with Gasteiger partial charge in [0.1, 0.15) is 11.6 Å². The van der Waals surface area contributed by atoms with Crippen LogP contribution in [0.5, 0.6) is 0 Å². The molecule has 0 aliphatic carbocycles. The van der Waals surface area contributed by atoms with Gasteiger partial charge in [-0.05, 0) is 24.6 Å². The molecule has 16 heavy (non-hydrogen) atoms. The van der Waals surface area contributed by atoms with Gasteiger partial charge in [-0.25, -0.2) is 9.37 Å². The second kappa shape index (κ2) is 4.22. The number of nitrogens with two attached hydrogens (primary N) is 1. The number of hydrogen-bond acceptors (Lipinski definition) is 2. The summed E-state index contributed by atoms with van der Waals surface area (Å²) in [6.07, 6.45) is 1.64. The van der Waals surface area contributed by atoms with Crippen molar-refractivity contribution in [3.63, 3.8) is 0 Å². The molecular formula is C12H16FN3. The van der Waals surface area contributed by atoms with Crippen molar-refractivity contribution < 1.29 is 4.39 Å². The summed E-state index contributed by atoms with van der Waals surface area (Å²) in [4.78, 5) is 4.46. The summed E-state index contributed by atoms with van der Waals surface area (Å²) in [6.45, 7) is 2.05. The van der Waals surface area contributed by atoms with Crippen LogP contribution in [0.2, 0.25) is 0 Å². The molecule has 4 heteroatoms. The molecule has 0 aliphatic rings. The van der Waals surface area contributed by atoms with Gasteiger partial charge in [0.15, 0.2) is 0 Å². The van der Waals surface area contributed by atoms with Crippen LogP contribution in [-0.4, -0.2) is 15.6 Å². The largest absolute Gasteiger partial charge is 0.331 e. The van der Waals surface area contributed by atoms with Crippen molar-refractivity contribution in [2.75, 3.05) is 0 Å². The summed E-state index contributed by atoms with van der Waals surface area (Å²) in [5, 5.41) is 0. The number of halogens is 1. The fraction of sp³-hybridized carbons (Fsp3) is 0.417. The van der Waals surface area contributed by atoms with Crippen LogP contribution in [-0.2, 0) is 13.5 Å². The number of aryl methyl sites for hydroxylation is 1. The van der Waals surface area contributed by atoms with Crippen molar-refractivity contribution in [3.05, 3.63) is 29.8 Å². The number of aromatic nitrogens is 2. The first-order chi connectivity index (χ1) is 7.61. The van der Waals surface area contributed by atoms with Gasteiger partial charge in [0.25, 0.3) is 0 Å². The lowest BCUT2D eigenvalue weighted by atomic mass is 10.1. The van der Waals surface area contributed by atoms with E-state index < -0.39 is 0 Å². The lowest BCUT2D eigenvalue weighted by molar-refractivity contribution is 0.611. The van der Waals surface area contributed by atoms with Crippen LogP contribution < -0.4 is 5.73 Å². The van der Waals surface area contributed by atoms with Gasteiger partial charge in [0.05, 0.1) is 11.0 Å². The second-order valence-corrected chi connectivity index (χ2v) is 4.09. The van der Waals surface area contributed by atoms with Gasteiger partial charge in [0.2, 0.25) is 0 Å². The molecule has 1 atom stereocenters. The zero-order valence-electron chi connectivity index (χ0n) is 9.57. The van der Waals surface area contributed by atoms with Crippen LogP contribution in [0.15, 0.2) is 18.2 Å². The van der Waals surface area contributed by atoms with E-state index in [9.17, 15) is 4.39 Å². The summed E-state index contributed by atoms with van der Waals surface area (Å²) >= 11 is 0. The second-order valence-electron chi connectivity index (χ2n) is 4.09. The molecule has 2 N–H and O–H groups in total. The molecule has 2 aromatic rings. The smallest absolute Gasteiger partial charge is 0.125 e. The molecule has 3 nitrogen and oxygen atoms in total. The summed E-state index contributed by atoms with van der Waals surface area (Å²) in [7, 11) is 1.90. The van der Waals surface area contributed by atoms with Crippen molar-refractivity contribution in [1.29, 1.82) is 0 Å². The molecule has 1 aromatic heterocycles. The van der Waals surface area contributed by atoms with Crippen LogP contribution in [0.3, 0.4) is 0 Å². The van der Waals surface area contributed by atoms with E-state index in [0.29, 0.717) is 0 Å². The topological polar surface area (TPSA) is 43.8 Å². The zero-order chi connectivity index (χ0) is 11.7. The molecule has 1 aromatic carbocycles. The van der Waals surface area contributed by atoms with Gasteiger partial charge >= 0.3 is 0 Å². The van der Waals surface area contributed by atoms with E-state index in [2.05, 4.69) is 4.98 Å². The third kappa shape index (κ3) is 1.93. The Bertz CT molecular complexity index is 504. The molecule has 0 amide bonds. The number of imidazole rings is 1. The number of fused-ring (bicyclic) bond motifs is 1. The Hall–Kier alpha value is -1.42. The number of rotatable bonds is 3. The summed E-state index contributed by atoms with van der Waals surface area (Å²) in [6, 6.07) is 4.74. The minimum atomic E-state index is -0.234. The Morgan fingerprint density at radius 1 is 1.50 bits per heavy atom. The highest BCUT2D eigenvalue weighted by Crippen LogP contribution is 2.17. The summed E-state index contributed by atoms with van der Waals surface area (Å²) in [5.74, 6) is 0.678. The number of benzene rings is 1. The first kappa shape index (κ1) is 11.1. The molecule has 0 saturated carbocycles. The fourth-order valence-electron chi connectivity index (χ4n) is 1.77. The van der Waals surface area contributed by atoms with Crippen LogP contribution in [0, 0.1) is 5.82 Å². The van der Waals surface area contributed by atoms with E-state index in [4.69, 9.17) is 5.73 Å². The summed E-state index contributed by atoms with van der Waals surface area (Å²) in [5.41, 5.74) is 7.54. The van der Waals surface area contributed by atoms with Gasteiger partial charge in [-0.3, -0.25) is 0 Å². The van der Waals surface area contributed by atoms with Gasteiger partial charge in [-0.1, -0.05) is 6.92 Å². The third-order valence-electron chi connectivity index (χ3n) is 2.90. The number of hydrogen-bond donors (Lipinski definition) is 1. The van der Waals surface area contributed by atoms with E-state index in [1.54, 1.807) is 6.07 Å². The molecule has 2 rings (SSSR count). The lowest BCUT2D eigenvalue weighted by Gasteiger charge is -2.07. The SMILES string of the molecule is CCC(N)Cc1nc2ccc(F)cc2n1C. The summed E-state index contributed by atoms with van der Waals surface area (Å²) < 4.78 is 15.0. The average molecular weight is 221 g/mol. The molecular weight excluding hydrogens is 205 g/mol. The first-order valence-electron chi connectivity index (χ1n) is 5.48. The third-order valence-corrected chi connectivity index (χ3v) is 2.90. The molecule has 0 spiro atoms. The molecule has 0 aliphatic heterocycles. The Morgan fingerprint density at radius 3 is 2.94 bits per heavy atom. The van der Waals surface area contributed by atoms with Crippen LogP contribution >= 0.6 is 0 Å². The van der Waals surface area contributed by atoms with Crippen LogP contribution in [0.4, 0.5) is 4.39 Å². The van der Waals surface area contributed by atoms with Crippen molar-refractivity contribution in [2.24, 2.45) is 12.8 Å². The standard InChI is InChI=1S/C12H16FN3/c1-3-9(14)7-12-15-10-5-4-8(13)6-11(10)16(12)2/h4-6,9H,3,7,14H2,1-2H3. The highest BCUT2D eigenvalue weighted by molar-refractivity contribution is 5.75. The average Bonchev–Trinajstić information content (AvgIpc) is 2.56. The van der Waals surface area contributed by atoms with Crippen LogP contribution in [0.25, 0.3) is 11.0 Å². The molecule has 1 heterocycles. The van der Waals surface area contributed by atoms with E-state index >= 15 is 0 Å². The van der Waals surface area contributed by atoms with E-state index in [1.807, 2.05) is 18.5 Å². The van der Waals surface area contributed by atoms with Gasteiger partial charge < -0.3 is 10.3 Å². The van der Waals surface area contributed by atoms with Crippen molar-refractivity contribution in [3.8, 4) is 0 Å². The Morgan fingerprint density at radius 2 is 2.25 bits per heavy atom. The lowest BCUT2D eigenvalue weighted by Crippen LogP contribution is -2.23. The van der Waals surface area contributed by atoms with E-state index in [-0.39, 0.29) is 11.9 Å². The molecule has 0 bridgehead atoms. The van der Waals surface area contributed by atoms with Crippen LogP contribution in [0.1, 0.15) is 19.2 Å². The minimum absolute atomic E-state index is 0.111. The predicted octanol–water partition coefficient (Wildman–Crippen LogP) is 1.99. The number of nitrogens with zero attached hydrogens (tertiary/aromatic N) is 2. The Labute approximate surface area is 94.1 Å². The van der Waals surface area contributed by atoms with E-state index in [1.165, 1.54) is 12.1 Å². The molecule has 0 fully saturated rings. The fourth-order valence-corrected chi connectivity index (χ4v) is 1.77. The molecule has 1 unspecified atom stereocenters.